The van der Waals surface area contributed by atoms with Crippen molar-refractivity contribution in [1.82, 2.24) is 4.98 Å². The highest BCUT2D eigenvalue weighted by atomic mass is 16.3. The predicted octanol–water partition coefficient (Wildman–Crippen LogP) is 5.38. The highest BCUT2D eigenvalue weighted by Crippen LogP contribution is 2.70. The van der Waals surface area contributed by atoms with Crippen molar-refractivity contribution in [1.29, 1.82) is 0 Å². The molecule has 1 aromatic heterocycles. The van der Waals surface area contributed by atoms with Crippen molar-refractivity contribution < 1.29 is 9.90 Å². The lowest BCUT2D eigenvalue weighted by molar-refractivity contribution is -0.164. The van der Waals surface area contributed by atoms with Crippen LogP contribution in [0.5, 0.6) is 0 Å². The van der Waals surface area contributed by atoms with Crippen molar-refractivity contribution >= 4 is 5.78 Å². The van der Waals surface area contributed by atoms with Gasteiger partial charge in [-0.05, 0) is 91.6 Å². The van der Waals surface area contributed by atoms with Crippen LogP contribution in [0.15, 0.2) is 24.5 Å². The Morgan fingerprint density at radius 3 is 2.55 bits per heavy atom. The van der Waals surface area contributed by atoms with Gasteiger partial charge >= 0.3 is 0 Å². The maximum absolute atomic E-state index is 13.0. The number of rotatable bonds is 1. The number of pyridine rings is 1. The number of aromatic nitrogens is 1. The fourth-order valence-electron chi connectivity index (χ4n) is 8.88. The molecule has 4 aliphatic carbocycles. The standard InChI is InChI=1S/C26H37NO2/c1-16-22(28)14-18-7-8-19-20-10-12-25(3,29)24(20,2)11-9-21(19)26(18,4)23(16)17-6-5-13-27-15-17/h5-6,13,15-16,18-21,23,29H,7-12,14H2,1-4H3/t16?,18?,19-,20-,21+,23?,24-,25?,26-/m0/s1. The minimum atomic E-state index is -0.529. The average Bonchev–Trinajstić information content (AvgIpc) is 2.93. The fraction of sp³-hybridized carbons (Fsp3) is 0.769. The van der Waals surface area contributed by atoms with E-state index >= 15 is 0 Å². The van der Waals surface area contributed by atoms with Gasteiger partial charge in [0.2, 0.25) is 0 Å². The quantitative estimate of drug-likeness (QED) is 0.694. The number of carbonyl (C=O) groups is 1. The maximum Gasteiger partial charge on any atom is 0.136 e. The molecule has 0 spiro atoms. The zero-order valence-electron chi connectivity index (χ0n) is 18.5. The Morgan fingerprint density at radius 2 is 1.83 bits per heavy atom. The van der Waals surface area contributed by atoms with Gasteiger partial charge in [-0.15, -0.1) is 0 Å². The van der Waals surface area contributed by atoms with Gasteiger partial charge < -0.3 is 5.11 Å². The van der Waals surface area contributed by atoms with Gasteiger partial charge in [0, 0.05) is 30.7 Å². The van der Waals surface area contributed by atoms with E-state index in [1.807, 2.05) is 18.5 Å². The van der Waals surface area contributed by atoms with E-state index in [2.05, 4.69) is 38.7 Å². The van der Waals surface area contributed by atoms with E-state index in [-0.39, 0.29) is 22.7 Å². The summed E-state index contributed by atoms with van der Waals surface area (Å²) >= 11 is 0. The first-order valence-electron chi connectivity index (χ1n) is 11.8. The number of hydrogen-bond acceptors (Lipinski definition) is 3. The summed E-state index contributed by atoms with van der Waals surface area (Å²) in [4.78, 5) is 17.4. The van der Waals surface area contributed by atoms with Crippen LogP contribution < -0.4 is 0 Å². The molecule has 1 heterocycles. The molecule has 0 aromatic carbocycles. The largest absolute Gasteiger partial charge is 0.390 e. The van der Waals surface area contributed by atoms with E-state index in [0.29, 0.717) is 29.5 Å². The van der Waals surface area contributed by atoms with Crippen LogP contribution in [0.2, 0.25) is 0 Å². The Morgan fingerprint density at radius 1 is 1.07 bits per heavy atom. The molecule has 0 bridgehead atoms. The third-order valence-electron chi connectivity index (χ3n) is 10.7. The van der Waals surface area contributed by atoms with E-state index in [0.717, 1.165) is 25.7 Å². The monoisotopic (exact) mass is 395 g/mol. The molecule has 4 aliphatic rings. The smallest absolute Gasteiger partial charge is 0.136 e. The number of ketones is 1. The summed E-state index contributed by atoms with van der Waals surface area (Å²) in [5.74, 6) is 3.22. The summed E-state index contributed by atoms with van der Waals surface area (Å²) < 4.78 is 0. The lowest BCUT2D eigenvalue weighted by Crippen LogP contribution is -2.59. The summed E-state index contributed by atoms with van der Waals surface area (Å²) in [6.07, 6.45) is 11.4. The Balaban J connectivity index is 1.58. The molecule has 3 nitrogen and oxygen atoms in total. The number of hydrogen-bond donors (Lipinski definition) is 1. The first kappa shape index (κ1) is 19.7. The lowest BCUT2D eigenvalue weighted by Gasteiger charge is -2.64. The van der Waals surface area contributed by atoms with Gasteiger partial charge in [-0.2, -0.15) is 0 Å². The first-order valence-corrected chi connectivity index (χ1v) is 11.8. The number of carbonyl (C=O) groups excluding carboxylic acids is 1. The van der Waals surface area contributed by atoms with Crippen LogP contribution in [-0.2, 0) is 4.79 Å². The van der Waals surface area contributed by atoms with Gasteiger partial charge in [0.1, 0.15) is 5.78 Å². The van der Waals surface area contributed by atoms with E-state index in [1.54, 1.807) is 0 Å². The van der Waals surface area contributed by atoms with Crippen LogP contribution in [0.3, 0.4) is 0 Å². The molecule has 1 N–H and O–H groups in total. The zero-order valence-corrected chi connectivity index (χ0v) is 18.5. The van der Waals surface area contributed by atoms with E-state index < -0.39 is 5.60 Å². The molecular formula is C26H37NO2. The number of nitrogens with zero attached hydrogens (tertiary/aromatic N) is 1. The summed E-state index contributed by atoms with van der Waals surface area (Å²) in [5.41, 5.74) is 0.929. The van der Waals surface area contributed by atoms with Gasteiger partial charge in [0.15, 0.2) is 0 Å². The Kier molecular flexibility index (Phi) is 4.35. The molecule has 158 valence electrons. The van der Waals surface area contributed by atoms with E-state index in [9.17, 15) is 9.90 Å². The molecule has 4 fully saturated rings. The normalized spacial score (nSPS) is 51.8. The summed E-state index contributed by atoms with van der Waals surface area (Å²) in [6, 6.07) is 4.23. The average molecular weight is 396 g/mol. The van der Waals surface area contributed by atoms with Crippen molar-refractivity contribution in [2.75, 3.05) is 0 Å². The fourth-order valence-corrected chi connectivity index (χ4v) is 8.88. The minimum Gasteiger partial charge on any atom is -0.390 e. The van der Waals surface area contributed by atoms with Crippen molar-refractivity contribution in [3.8, 4) is 0 Å². The highest BCUT2D eigenvalue weighted by molar-refractivity contribution is 5.83. The van der Waals surface area contributed by atoms with Crippen LogP contribution in [0.25, 0.3) is 0 Å². The first-order chi connectivity index (χ1) is 13.7. The SMILES string of the molecule is CC1C(=O)CC2CC[C@@H]3[C@@H](CC[C@@]4(C)[C@H]3CCC4(C)O)[C@@]2(C)C1c1cccnc1. The van der Waals surface area contributed by atoms with E-state index in [1.165, 1.54) is 24.8 Å². The highest BCUT2D eigenvalue weighted by Gasteiger charge is 2.65. The third kappa shape index (κ3) is 2.52. The van der Waals surface area contributed by atoms with Crippen molar-refractivity contribution in [3.63, 3.8) is 0 Å². The molecular weight excluding hydrogens is 358 g/mol. The molecule has 4 saturated carbocycles. The van der Waals surface area contributed by atoms with Gasteiger partial charge in [0.25, 0.3) is 0 Å². The number of aliphatic hydroxyl groups is 1. The minimum absolute atomic E-state index is 0.0528. The molecule has 0 radical (unpaired) electrons. The second-order valence-corrected chi connectivity index (χ2v) is 11.5. The van der Waals surface area contributed by atoms with Gasteiger partial charge in [-0.1, -0.05) is 26.8 Å². The third-order valence-corrected chi connectivity index (χ3v) is 10.7. The second kappa shape index (κ2) is 6.39. The Bertz CT molecular complexity index is 804. The zero-order chi connectivity index (χ0) is 20.6. The topological polar surface area (TPSA) is 50.2 Å². The molecule has 0 saturated heterocycles. The van der Waals surface area contributed by atoms with Crippen LogP contribution in [0.4, 0.5) is 0 Å². The van der Waals surface area contributed by atoms with Crippen LogP contribution in [-0.4, -0.2) is 21.5 Å². The predicted molar refractivity (Wildman–Crippen MR) is 114 cm³/mol. The van der Waals surface area contributed by atoms with Gasteiger partial charge in [-0.25, -0.2) is 0 Å². The van der Waals surface area contributed by atoms with Crippen LogP contribution in [0, 0.1) is 40.4 Å². The second-order valence-electron chi connectivity index (χ2n) is 11.5. The number of Topliss-reactive ketones (excluding diaryl/α,β-unsaturated/α-hetero) is 1. The number of fused-ring (bicyclic) bond motifs is 5. The van der Waals surface area contributed by atoms with Crippen molar-refractivity contribution in [2.24, 2.45) is 40.4 Å². The molecule has 0 aliphatic heterocycles. The molecule has 9 atom stereocenters. The van der Waals surface area contributed by atoms with Crippen molar-refractivity contribution in [2.45, 2.75) is 84.2 Å². The summed E-state index contributed by atoms with van der Waals surface area (Å²) in [6.45, 7) is 9.13. The molecule has 29 heavy (non-hydrogen) atoms. The molecule has 0 amide bonds. The van der Waals surface area contributed by atoms with Crippen LogP contribution >= 0.6 is 0 Å². The summed E-state index contributed by atoms with van der Waals surface area (Å²) in [7, 11) is 0. The Labute approximate surface area is 175 Å². The maximum atomic E-state index is 13.0. The molecule has 1 aromatic rings. The van der Waals surface area contributed by atoms with E-state index in [4.69, 9.17) is 0 Å². The van der Waals surface area contributed by atoms with Crippen molar-refractivity contribution in [3.05, 3.63) is 30.1 Å². The summed E-state index contributed by atoms with van der Waals surface area (Å²) in [5, 5.41) is 11.2. The lowest BCUT2D eigenvalue weighted by atomic mass is 9.40. The molecule has 5 rings (SSSR count). The molecule has 3 heteroatoms. The Hall–Kier alpha value is -1.22. The molecule has 4 unspecified atom stereocenters. The van der Waals surface area contributed by atoms with Gasteiger partial charge in [-0.3, -0.25) is 9.78 Å². The van der Waals surface area contributed by atoms with Gasteiger partial charge in [0.05, 0.1) is 5.60 Å². The van der Waals surface area contributed by atoms with Crippen LogP contribution in [0.1, 0.15) is 84.1 Å².